The Morgan fingerprint density at radius 3 is 3.06 bits per heavy atom. The molecule has 5 nitrogen and oxygen atoms in total. The Balaban J connectivity index is 2.17. The SMILES string of the molecule is CCn1ncc(NCc2cscn2)c(Cl)c1=O. The second-order valence-electron chi connectivity index (χ2n) is 3.33. The number of hydrogen-bond donors (Lipinski definition) is 1. The van der Waals surface area contributed by atoms with Gasteiger partial charge in [-0.2, -0.15) is 5.10 Å². The van der Waals surface area contributed by atoms with E-state index in [9.17, 15) is 4.79 Å². The summed E-state index contributed by atoms with van der Waals surface area (Å²) in [6, 6.07) is 0. The van der Waals surface area contributed by atoms with Crippen LogP contribution in [0.5, 0.6) is 0 Å². The minimum absolute atomic E-state index is 0.164. The predicted molar refractivity (Wildman–Crippen MR) is 68.6 cm³/mol. The Kier molecular flexibility index (Phi) is 3.75. The van der Waals surface area contributed by atoms with Gasteiger partial charge in [0.15, 0.2) is 0 Å². The molecule has 7 heteroatoms. The number of thiazole rings is 1. The highest BCUT2D eigenvalue weighted by Gasteiger charge is 2.08. The van der Waals surface area contributed by atoms with E-state index >= 15 is 0 Å². The molecule has 0 aromatic carbocycles. The van der Waals surface area contributed by atoms with Gasteiger partial charge in [0.25, 0.3) is 5.56 Å². The molecule has 0 bridgehead atoms. The first-order valence-electron chi connectivity index (χ1n) is 5.09. The smallest absolute Gasteiger partial charge is 0.287 e. The van der Waals surface area contributed by atoms with Gasteiger partial charge in [-0.25, -0.2) is 9.67 Å². The van der Waals surface area contributed by atoms with Crippen molar-refractivity contribution in [3.8, 4) is 0 Å². The first kappa shape index (κ1) is 12.1. The molecule has 17 heavy (non-hydrogen) atoms. The molecule has 0 unspecified atom stereocenters. The normalized spacial score (nSPS) is 10.5. The third-order valence-corrected chi connectivity index (χ3v) is 3.23. The minimum atomic E-state index is -0.280. The number of anilines is 1. The molecule has 1 N–H and O–H groups in total. The van der Waals surface area contributed by atoms with E-state index in [0.717, 1.165) is 5.69 Å². The molecular formula is C10H11ClN4OS. The van der Waals surface area contributed by atoms with Gasteiger partial charge < -0.3 is 5.32 Å². The lowest BCUT2D eigenvalue weighted by molar-refractivity contribution is 0.616. The van der Waals surface area contributed by atoms with Crippen molar-refractivity contribution in [1.29, 1.82) is 0 Å². The molecule has 2 rings (SSSR count). The van der Waals surface area contributed by atoms with Gasteiger partial charge in [0, 0.05) is 11.9 Å². The zero-order valence-corrected chi connectivity index (χ0v) is 10.8. The van der Waals surface area contributed by atoms with E-state index < -0.39 is 0 Å². The third kappa shape index (κ3) is 2.65. The average Bonchev–Trinajstić information content (AvgIpc) is 2.84. The highest BCUT2D eigenvalue weighted by Crippen LogP contribution is 2.16. The first-order chi connectivity index (χ1) is 8.22. The standard InChI is InChI=1S/C10H11ClN4OS/c1-2-15-10(16)9(11)8(4-14-15)12-3-7-5-17-6-13-7/h4-6,12H,2-3H2,1H3. The molecule has 0 aliphatic rings. The molecule has 0 fully saturated rings. The maximum absolute atomic E-state index is 11.7. The third-order valence-electron chi connectivity index (χ3n) is 2.23. The van der Waals surface area contributed by atoms with Crippen LogP contribution in [-0.2, 0) is 13.1 Å². The van der Waals surface area contributed by atoms with Crippen LogP contribution in [0.25, 0.3) is 0 Å². The van der Waals surface area contributed by atoms with Crippen molar-refractivity contribution >= 4 is 28.6 Å². The molecule has 0 radical (unpaired) electrons. The van der Waals surface area contributed by atoms with Crippen LogP contribution < -0.4 is 10.9 Å². The Labute approximate surface area is 107 Å². The van der Waals surface area contributed by atoms with Crippen LogP contribution in [0, 0.1) is 0 Å². The Bertz CT molecular complexity index is 552. The van der Waals surface area contributed by atoms with E-state index in [2.05, 4.69) is 15.4 Å². The van der Waals surface area contributed by atoms with E-state index in [4.69, 9.17) is 11.6 Å². The zero-order valence-electron chi connectivity index (χ0n) is 9.18. The first-order valence-corrected chi connectivity index (χ1v) is 6.41. The lowest BCUT2D eigenvalue weighted by atomic mass is 10.4. The summed E-state index contributed by atoms with van der Waals surface area (Å²) in [7, 11) is 0. The molecule has 0 aliphatic carbocycles. The highest BCUT2D eigenvalue weighted by atomic mass is 35.5. The second kappa shape index (κ2) is 5.29. The summed E-state index contributed by atoms with van der Waals surface area (Å²) in [6.07, 6.45) is 1.56. The predicted octanol–water partition coefficient (Wildman–Crippen LogP) is 1.99. The van der Waals surface area contributed by atoms with Crippen LogP contribution in [0.3, 0.4) is 0 Å². The fourth-order valence-electron chi connectivity index (χ4n) is 1.32. The molecule has 90 valence electrons. The van der Waals surface area contributed by atoms with Gasteiger partial charge in [-0.3, -0.25) is 4.79 Å². The minimum Gasteiger partial charge on any atom is -0.377 e. The van der Waals surface area contributed by atoms with Gasteiger partial charge in [0.2, 0.25) is 0 Å². The fourth-order valence-corrected chi connectivity index (χ4v) is 2.10. The Morgan fingerprint density at radius 2 is 2.41 bits per heavy atom. The summed E-state index contributed by atoms with van der Waals surface area (Å²) < 4.78 is 1.32. The number of aromatic nitrogens is 3. The number of rotatable bonds is 4. The second-order valence-corrected chi connectivity index (χ2v) is 4.42. The van der Waals surface area contributed by atoms with Gasteiger partial charge in [-0.15, -0.1) is 11.3 Å². The number of nitrogens with one attached hydrogen (secondary N) is 1. The average molecular weight is 271 g/mol. The molecular weight excluding hydrogens is 260 g/mol. The van der Waals surface area contributed by atoms with E-state index in [0.29, 0.717) is 18.8 Å². The maximum Gasteiger partial charge on any atom is 0.287 e. The number of aryl methyl sites for hydroxylation is 1. The summed E-state index contributed by atoms with van der Waals surface area (Å²) in [5.41, 5.74) is 2.92. The molecule has 0 saturated carbocycles. The van der Waals surface area contributed by atoms with E-state index in [1.54, 1.807) is 11.7 Å². The fraction of sp³-hybridized carbons (Fsp3) is 0.300. The van der Waals surface area contributed by atoms with Crippen molar-refractivity contribution in [3.05, 3.63) is 38.2 Å². The molecule has 0 aliphatic heterocycles. The molecule has 2 aromatic heterocycles. The Morgan fingerprint density at radius 1 is 1.59 bits per heavy atom. The summed E-state index contributed by atoms with van der Waals surface area (Å²) in [5.74, 6) is 0. The molecule has 0 saturated heterocycles. The molecule has 0 atom stereocenters. The lowest BCUT2D eigenvalue weighted by Gasteiger charge is -2.07. The number of nitrogens with zero attached hydrogens (tertiary/aromatic N) is 3. The summed E-state index contributed by atoms with van der Waals surface area (Å²) in [4.78, 5) is 15.8. The van der Waals surface area contributed by atoms with Gasteiger partial charge >= 0.3 is 0 Å². The Hall–Kier alpha value is -1.40. The van der Waals surface area contributed by atoms with Crippen molar-refractivity contribution in [1.82, 2.24) is 14.8 Å². The molecule has 0 spiro atoms. The lowest BCUT2D eigenvalue weighted by Crippen LogP contribution is -2.23. The molecule has 2 heterocycles. The quantitative estimate of drug-likeness (QED) is 0.923. The van der Waals surface area contributed by atoms with Crippen molar-refractivity contribution in [2.75, 3.05) is 5.32 Å². The summed E-state index contributed by atoms with van der Waals surface area (Å²) in [5, 5.41) is 9.14. The van der Waals surface area contributed by atoms with Crippen molar-refractivity contribution in [2.24, 2.45) is 0 Å². The van der Waals surface area contributed by atoms with Crippen LogP contribution in [0.4, 0.5) is 5.69 Å². The maximum atomic E-state index is 11.7. The topological polar surface area (TPSA) is 59.8 Å². The monoisotopic (exact) mass is 270 g/mol. The van der Waals surface area contributed by atoms with Crippen LogP contribution in [0.2, 0.25) is 5.02 Å². The number of hydrogen-bond acceptors (Lipinski definition) is 5. The van der Waals surface area contributed by atoms with Crippen LogP contribution >= 0.6 is 22.9 Å². The summed E-state index contributed by atoms with van der Waals surface area (Å²) >= 11 is 7.49. The molecule has 0 amide bonds. The van der Waals surface area contributed by atoms with Gasteiger partial charge in [-0.05, 0) is 6.92 Å². The van der Waals surface area contributed by atoms with Gasteiger partial charge in [0.1, 0.15) is 5.02 Å². The highest BCUT2D eigenvalue weighted by molar-refractivity contribution is 7.07. The van der Waals surface area contributed by atoms with E-state index in [1.165, 1.54) is 16.0 Å². The van der Waals surface area contributed by atoms with Crippen molar-refractivity contribution in [2.45, 2.75) is 20.0 Å². The largest absolute Gasteiger partial charge is 0.377 e. The van der Waals surface area contributed by atoms with Crippen molar-refractivity contribution < 1.29 is 0 Å². The van der Waals surface area contributed by atoms with E-state index in [1.807, 2.05) is 12.3 Å². The zero-order chi connectivity index (χ0) is 12.3. The van der Waals surface area contributed by atoms with Gasteiger partial charge in [-0.1, -0.05) is 11.6 Å². The summed E-state index contributed by atoms with van der Waals surface area (Å²) in [6.45, 7) is 2.87. The molecule has 2 aromatic rings. The number of halogens is 1. The van der Waals surface area contributed by atoms with Gasteiger partial charge in [0.05, 0.1) is 29.6 Å². The van der Waals surface area contributed by atoms with E-state index in [-0.39, 0.29) is 10.6 Å². The van der Waals surface area contributed by atoms with Crippen LogP contribution in [0.15, 0.2) is 21.9 Å². The van der Waals surface area contributed by atoms with Crippen LogP contribution in [-0.4, -0.2) is 14.8 Å². The van der Waals surface area contributed by atoms with Crippen LogP contribution in [0.1, 0.15) is 12.6 Å². The van der Waals surface area contributed by atoms with Crippen molar-refractivity contribution in [3.63, 3.8) is 0 Å².